The molecule has 1 aliphatic rings. The number of halogens is 1. The largest absolute Gasteiger partial charge is 0.354 e. The molecule has 1 atom stereocenters. The van der Waals surface area contributed by atoms with Crippen molar-refractivity contribution in [3.05, 3.63) is 22.8 Å². The molecule has 1 fully saturated rings. The molecule has 2 rings (SSSR count). The van der Waals surface area contributed by atoms with E-state index in [0.717, 1.165) is 36.5 Å². The minimum absolute atomic E-state index is 0.0110. The Kier molecular flexibility index (Phi) is 5.59. The highest BCUT2D eigenvalue weighted by Gasteiger charge is 2.25. The fraction of sp³-hybridized carbons (Fsp3) is 0.467. The van der Waals surface area contributed by atoms with Gasteiger partial charge in [0.1, 0.15) is 5.82 Å². The molecular weight excluding hydrogens is 332 g/mol. The Balaban J connectivity index is 1.86. The summed E-state index contributed by atoms with van der Waals surface area (Å²) in [6, 6.07) is 3.84. The molecule has 0 aromatic carbocycles. The van der Waals surface area contributed by atoms with Crippen molar-refractivity contribution in [2.24, 2.45) is 0 Å². The van der Waals surface area contributed by atoms with E-state index in [0.29, 0.717) is 0 Å². The van der Waals surface area contributed by atoms with Crippen LogP contribution in [-0.4, -0.2) is 54.6 Å². The number of pyridine rings is 1. The fourth-order valence-corrected chi connectivity index (χ4v) is 2.58. The average Bonchev–Trinajstić information content (AvgIpc) is 2.53. The van der Waals surface area contributed by atoms with E-state index in [-0.39, 0.29) is 18.5 Å². The number of terminal acetylenes is 1. The Labute approximate surface area is 133 Å². The van der Waals surface area contributed by atoms with Crippen LogP contribution in [0.15, 0.2) is 22.8 Å². The number of hydrogen-bond donors (Lipinski definition) is 1. The third-order valence-corrected chi connectivity index (χ3v) is 4.11. The van der Waals surface area contributed by atoms with E-state index in [9.17, 15) is 4.79 Å². The number of nitrogens with one attached hydrogen (secondary N) is 1. The number of anilines is 1. The molecule has 0 aliphatic carbocycles. The van der Waals surface area contributed by atoms with Crippen molar-refractivity contribution >= 4 is 27.7 Å². The van der Waals surface area contributed by atoms with Crippen LogP contribution in [0.5, 0.6) is 0 Å². The van der Waals surface area contributed by atoms with E-state index in [4.69, 9.17) is 6.42 Å². The molecule has 0 saturated carbocycles. The van der Waals surface area contributed by atoms with E-state index in [1.54, 1.807) is 6.20 Å². The third-order valence-electron chi connectivity index (χ3n) is 3.64. The predicted octanol–water partition coefficient (Wildman–Crippen LogP) is 1.10. The maximum atomic E-state index is 11.9. The topological polar surface area (TPSA) is 48.5 Å². The lowest BCUT2D eigenvalue weighted by Gasteiger charge is -2.37. The van der Waals surface area contributed by atoms with Crippen molar-refractivity contribution in [3.63, 3.8) is 0 Å². The monoisotopic (exact) mass is 350 g/mol. The van der Waals surface area contributed by atoms with Gasteiger partial charge in [0.25, 0.3) is 0 Å². The number of nitrogens with zero attached hydrogens (tertiary/aromatic N) is 3. The lowest BCUT2D eigenvalue weighted by atomic mass is 10.2. The highest BCUT2D eigenvalue weighted by Crippen LogP contribution is 2.17. The van der Waals surface area contributed by atoms with Gasteiger partial charge in [-0.05, 0) is 35.0 Å². The van der Waals surface area contributed by atoms with Crippen LogP contribution < -0.4 is 10.2 Å². The molecule has 0 spiro atoms. The van der Waals surface area contributed by atoms with Gasteiger partial charge in [-0.25, -0.2) is 4.98 Å². The number of piperazine rings is 1. The number of rotatable bonds is 4. The number of amides is 1. The molecule has 0 bridgehead atoms. The van der Waals surface area contributed by atoms with E-state index in [2.05, 4.69) is 42.0 Å². The number of hydrogen-bond acceptors (Lipinski definition) is 4. The van der Waals surface area contributed by atoms with Crippen molar-refractivity contribution in [2.45, 2.75) is 13.0 Å². The van der Waals surface area contributed by atoms with Gasteiger partial charge in [0.05, 0.1) is 12.6 Å². The van der Waals surface area contributed by atoms with Gasteiger partial charge >= 0.3 is 0 Å². The highest BCUT2D eigenvalue weighted by molar-refractivity contribution is 9.10. The number of carbonyl (C=O) groups is 1. The van der Waals surface area contributed by atoms with Crippen LogP contribution in [-0.2, 0) is 4.79 Å². The Bertz CT molecular complexity index is 517. The van der Waals surface area contributed by atoms with Gasteiger partial charge in [0.2, 0.25) is 5.91 Å². The van der Waals surface area contributed by atoms with E-state index in [1.165, 1.54) is 0 Å². The van der Waals surface area contributed by atoms with Crippen LogP contribution in [0, 0.1) is 12.3 Å². The van der Waals surface area contributed by atoms with Gasteiger partial charge in [-0.15, -0.1) is 6.42 Å². The summed E-state index contributed by atoms with van der Waals surface area (Å²) in [5.74, 6) is 3.38. The van der Waals surface area contributed by atoms with Crippen LogP contribution in [0.4, 0.5) is 5.82 Å². The highest BCUT2D eigenvalue weighted by atomic mass is 79.9. The zero-order valence-electron chi connectivity index (χ0n) is 12.1. The smallest absolute Gasteiger partial charge is 0.237 e. The Morgan fingerprint density at radius 3 is 2.76 bits per heavy atom. The molecule has 1 aromatic heterocycles. The maximum Gasteiger partial charge on any atom is 0.237 e. The fourth-order valence-electron chi connectivity index (χ4n) is 2.35. The van der Waals surface area contributed by atoms with Gasteiger partial charge in [-0.2, -0.15) is 0 Å². The summed E-state index contributed by atoms with van der Waals surface area (Å²) >= 11 is 3.39. The van der Waals surface area contributed by atoms with Crippen molar-refractivity contribution < 1.29 is 4.79 Å². The zero-order valence-corrected chi connectivity index (χ0v) is 13.6. The SMILES string of the molecule is C#CCNC(=O)C(C)N1CCN(c2ccc(Br)cn2)CC1. The van der Waals surface area contributed by atoms with Crippen molar-refractivity contribution in [3.8, 4) is 12.3 Å². The van der Waals surface area contributed by atoms with Crippen LogP contribution in [0.25, 0.3) is 0 Å². The number of carbonyl (C=O) groups excluding carboxylic acids is 1. The summed E-state index contributed by atoms with van der Waals surface area (Å²) in [7, 11) is 0. The number of aromatic nitrogens is 1. The molecule has 2 heterocycles. The van der Waals surface area contributed by atoms with Gasteiger partial charge < -0.3 is 10.2 Å². The zero-order chi connectivity index (χ0) is 15.2. The van der Waals surface area contributed by atoms with E-state index in [1.807, 2.05) is 19.1 Å². The van der Waals surface area contributed by atoms with Gasteiger partial charge in [0, 0.05) is 36.8 Å². The standard InChI is InChI=1S/C15H19BrN4O/c1-3-6-17-15(21)12(2)19-7-9-20(10-8-19)14-5-4-13(16)11-18-14/h1,4-5,11-12H,6-10H2,2H3,(H,17,21). The molecule has 1 aromatic rings. The first-order valence-electron chi connectivity index (χ1n) is 6.93. The Morgan fingerprint density at radius 2 is 2.19 bits per heavy atom. The Morgan fingerprint density at radius 1 is 1.48 bits per heavy atom. The molecule has 1 saturated heterocycles. The molecule has 1 amide bonds. The minimum atomic E-state index is -0.154. The van der Waals surface area contributed by atoms with Crippen LogP contribution in [0.3, 0.4) is 0 Å². The molecule has 112 valence electrons. The third kappa shape index (κ3) is 4.19. The van der Waals surface area contributed by atoms with Gasteiger partial charge in [-0.3, -0.25) is 9.69 Å². The van der Waals surface area contributed by atoms with Gasteiger partial charge in [-0.1, -0.05) is 5.92 Å². The molecule has 21 heavy (non-hydrogen) atoms. The molecule has 0 radical (unpaired) electrons. The van der Waals surface area contributed by atoms with Crippen LogP contribution in [0.1, 0.15) is 6.92 Å². The second-order valence-electron chi connectivity index (χ2n) is 4.96. The Hall–Kier alpha value is -1.58. The average molecular weight is 351 g/mol. The summed E-state index contributed by atoms with van der Waals surface area (Å²) in [6.07, 6.45) is 6.96. The minimum Gasteiger partial charge on any atom is -0.354 e. The molecule has 1 aliphatic heterocycles. The van der Waals surface area contributed by atoms with Crippen molar-refractivity contribution in [1.82, 2.24) is 15.2 Å². The second-order valence-corrected chi connectivity index (χ2v) is 5.87. The first-order chi connectivity index (χ1) is 10.1. The summed E-state index contributed by atoms with van der Waals surface area (Å²) < 4.78 is 0.976. The first-order valence-corrected chi connectivity index (χ1v) is 7.73. The second kappa shape index (κ2) is 7.43. The molecule has 1 unspecified atom stereocenters. The lowest BCUT2D eigenvalue weighted by molar-refractivity contribution is -0.125. The van der Waals surface area contributed by atoms with E-state index >= 15 is 0 Å². The summed E-state index contributed by atoms with van der Waals surface area (Å²) in [5, 5.41) is 2.73. The van der Waals surface area contributed by atoms with E-state index < -0.39 is 0 Å². The molecule has 6 heteroatoms. The predicted molar refractivity (Wildman–Crippen MR) is 87.0 cm³/mol. The molecule has 5 nitrogen and oxygen atoms in total. The first kappa shape index (κ1) is 15.8. The summed E-state index contributed by atoms with van der Waals surface area (Å²) in [5.41, 5.74) is 0. The quantitative estimate of drug-likeness (QED) is 0.826. The summed E-state index contributed by atoms with van der Waals surface area (Å²) in [6.45, 7) is 5.60. The van der Waals surface area contributed by atoms with Crippen LogP contribution >= 0.6 is 15.9 Å². The molecular formula is C15H19BrN4O. The van der Waals surface area contributed by atoms with Crippen molar-refractivity contribution in [1.29, 1.82) is 0 Å². The lowest BCUT2D eigenvalue weighted by Crippen LogP contribution is -2.54. The van der Waals surface area contributed by atoms with Crippen molar-refractivity contribution in [2.75, 3.05) is 37.6 Å². The molecule has 1 N–H and O–H groups in total. The maximum absolute atomic E-state index is 11.9. The summed E-state index contributed by atoms with van der Waals surface area (Å²) in [4.78, 5) is 20.7. The van der Waals surface area contributed by atoms with Crippen LogP contribution in [0.2, 0.25) is 0 Å². The van der Waals surface area contributed by atoms with Gasteiger partial charge in [0.15, 0.2) is 0 Å². The normalized spacial score (nSPS) is 17.1.